The van der Waals surface area contributed by atoms with Gasteiger partial charge in [-0.1, -0.05) is 35.1 Å². The van der Waals surface area contributed by atoms with Crippen molar-refractivity contribution in [3.63, 3.8) is 0 Å². The minimum absolute atomic E-state index is 0. The second-order valence-corrected chi connectivity index (χ2v) is 5.69. The van der Waals surface area contributed by atoms with Gasteiger partial charge in [0.2, 0.25) is 5.24 Å². The first-order chi connectivity index (χ1) is 13.6. The normalized spacial score (nSPS) is 9.27. The summed E-state index contributed by atoms with van der Waals surface area (Å²) in [7, 11) is 0. The van der Waals surface area contributed by atoms with Gasteiger partial charge in [-0.2, -0.15) is 0 Å². The number of aliphatic hydroxyl groups is 3. The highest BCUT2D eigenvalue weighted by Crippen LogP contribution is 2.00. The molecule has 0 aromatic rings. The Bertz CT molecular complexity index is 433. The molecule has 0 aliphatic heterocycles. The zero-order valence-electron chi connectivity index (χ0n) is 17.4. The average molecular weight is 461 g/mol. The average Bonchev–Trinajstić information content (AvgIpc) is 2.74. The molecule has 0 saturated carbocycles. The summed E-state index contributed by atoms with van der Waals surface area (Å²) in [4.78, 5) is 42.7. The lowest BCUT2D eigenvalue weighted by molar-refractivity contribution is -0.166. The Morgan fingerprint density at radius 3 is 1.30 bits per heavy atom. The third-order valence-corrected chi connectivity index (χ3v) is 2.99. The van der Waals surface area contributed by atoms with Crippen molar-refractivity contribution < 1.29 is 48.7 Å². The van der Waals surface area contributed by atoms with E-state index in [-0.39, 0.29) is 58.4 Å². The molecule has 0 radical (unpaired) electrons. The number of carbonyl (C=O) groups excluding carboxylic acids is 4. The van der Waals surface area contributed by atoms with E-state index in [4.69, 9.17) is 41.1 Å². The molecule has 11 heteroatoms. The molecule has 0 atom stereocenters. The van der Waals surface area contributed by atoms with Gasteiger partial charge >= 0.3 is 17.9 Å². The quantitative estimate of drug-likeness (QED) is 0.233. The molecular formula is C19H37ClO10. The van der Waals surface area contributed by atoms with Crippen molar-refractivity contribution >= 4 is 34.8 Å². The monoisotopic (exact) mass is 460 g/mol. The Hall–Kier alpha value is -1.75. The van der Waals surface area contributed by atoms with Crippen LogP contribution in [0.5, 0.6) is 0 Å². The van der Waals surface area contributed by atoms with Gasteiger partial charge in [0.15, 0.2) is 6.10 Å². The second kappa shape index (κ2) is 25.3. The van der Waals surface area contributed by atoms with Gasteiger partial charge in [0.1, 0.15) is 19.3 Å². The van der Waals surface area contributed by atoms with Gasteiger partial charge in [-0.3, -0.25) is 19.2 Å². The van der Waals surface area contributed by atoms with Crippen molar-refractivity contribution in [2.75, 3.05) is 26.4 Å². The van der Waals surface area contributed by atoms with E-state index in [9.17, 15) is 19.2 Å². The summed E-state index contributed by atoms with van der Waals surface area (Å²) in [6.45, 7) is 5.75. The van der Waals surface area contributed by atoms with Gasteiger partial charge in [0.05, 0.1) is 13.2 Å². The van der Waals surface area contributed by atoms with Crippen LogP contribution in [-0.4, -0.2) is 77.1 Å². The van der Waals surface area contributed by atoms with Crippen LogP contribution in [0.2, 0.25) is 0 Å². The fourth-order valence-corrected chi connectivity index (χ4v) is 1.02. The third-order valence-electron chi connectivity index (χ3n) is 2.72. The molecule has 0 spiro atoms. The largest absolute Gasteiger partial charge is 0.462 e. The third kappa shape index (κ3) is 28.5. The van der Waals surface area contributed by atoms with Crippen molar-refractivity contribution in [1.29, 1.82) is 0 Å². The minimum atomic E-state index is -0.954. The van der Waals surface area contributed by atoms with E-state index in [0.717, 1.165) is 0 Å². The van der Waals surface area contributed by atoms with E-state index < -0.39 is 30.1 Å². The van der Waals surface area contributed by atoms with Gasteiger partial charge in [-0.25, -0.2) is 0 Å². The maximum absolute atomic E-state index is 11.1. The van der Waals surface area contributed by atoms with Gasteiger partial charge in [-0.05, 0) is 11.6 Å². The molecule has 0 aromatic carbocycles. The molecule has 0 saturated heterocycles. The maximum atomic E-state index is 11.1. The van der Waals surface area contributed by atoms with Crippen molar-refractivity contribution in [3.8, 4) is 0 Å². The van der Waals surface area contributed by atoms with Gasteiger partial charge < -0.3 is 29.5 Å². The molecule has 0 rings (SSSR count). The van der Waals surface area contributed by atoms with E-state index in [1.807, 2.05) is 0 Å². The van der Waals surface area contributed by atoms with E-state index in [0.29, 0.717) is 6.42 Å². The van der Waals surface area contributed by atoms with Crippen LogP contribution >= 0.6 is 11.6 Å². The van der Waals surface area contributed by atoms with Crippen LogP contribution in [-0.2, 0) is 33.4 Å². The molecule has 180 valence electrons. The highest BCUT2D eigenvalue weighted by Gasteiger charge is 2.17. The molecule has 0 aliphatic carbocycles. The zero-order valence-corrected chi connectivity index (χ0v) is 18.1. The number of hydrogen-bond donors (Lipinski definition) is 3. The Balaban J connectivity index is -0.000000232. The molecule has 10 nitrogen and oxygen atoms in total. The standard InChI is InChI=1S/C12H20O6.C3H5ClO.C3H8O3.CH4/c1-4-10(13)16-7-9(18-12(15)6-3)8-17-11(14)5-2;1-2-3(4)5;4-1-3(6)2-5;/h9H,4-8H2,1-3H3;2H2,1H3;3-6H,1-2H2;1H4. The fourth-order valence-electron chi connectivity index (χ4n) is 1.02. The first-order valence-corrected chi connectivity index (χ1v) is 9.58. The number of esters is 3. The number of ether oxygens (including phenoxy) is 3. The van der Waals surface area contributed by atoms with Crippen LogP contribution in [0.3, 0.4) is 0 Å². The van der Waals surface area contributed by atoms with Crippen LogP contribution in [0, 0.1) is 0 Å². The molecule has 0 aromatic heterocycles. The Morgan fingerprint density at radius 1 is 0.767 bits per heavy atom. The molecular weight excluding hydrogens is 424 g/mol. The highest BCUT2D eigenvalue weighted by molar-refractivity contribution is 6.63. The summed E-state index contributed by atoms with van der Waals surface area (Å²) in [5, 5.41) is 23.7. The van der Waals surface area contributed by atoms with Crippen molar-refractivity contribution in [2.24, 2.45) is 0 Å². The van der Waals surface area contributed by atoms with Crippen LogP contribution in [0.25, 0.3) is 0 Å². The molecule has 0 fully saturated rings. The molecule has 0 unspecified atom stereocenters. The summed E-state index contributed by atoms with van der Waals surface area (Å²) in [6.07, 6.45) is -0.582. The Kier molecular flexibility index (Phi) is 30.1. The fraction of sp³-hybridized carbons (Fsp3) is 0.789. The molecule has 0 heterocycles. The predicted octanol–water partition coefficient (Wildman–Crippen LogP) is 1.34. The van der Waals surface area contributed by atoms with Gasteiger partial charge in [0, 0.05) is 25.7 Å². The molecule has 30 heavy (non-hydrogen) atoms. The number of carbonyl (C=O) groups is 4. The van der Waals surface area contributed by atoms with Crippen LogP contribution in [0.1, 0.15) is 60.8 Å². The first kappa shape index (κ1) is 35.7. The number of rotatable bonds is 11. The van der Waals surface area contributed by atoms with Crippen molar-refractivity contribution in [1.82, 2.24) is 0 Å². The summed E-state index contributed by atoms with van der Waals surface area (Å²) in [5.41, 5.74) is 0. The predicted molar refractivity (Wildman–Crippen MR) is 111 cm³/mol. The van der Waals surface area contributed by atoms with Crippen LogP contribution in [0.4, 0.5) is 0 Å². The lowest BCUT2D eigenvalue weighted by atomic mass is 10.4. The number of halogens is 1. The zero-order chi connectivity index (χ0) is 23.2. The first-order valence-electron chi connectivity index (χ1n) is 9.20. The van der Waals surface area contributed by atoms with E-state index in [1.165, 1.54) is 0 Å². The van der Waals surface area contributed by atoms with E-state index in [2.05, 4.69) is 0 Å². The highest BCUT2D eigenvalue weighted by atomic mass is 35.5. The minimum Gasteiger partial charge on any atom is -0.462 e. The van der Waals surface area contributed by atoms with Crippen LogP contribution < -0.4 is 0 Å². The number of aliphatic hydroxyl groups excluding tert-OH is 3. The topological polar surface area (TPSA) is 157 Å². The lowest BCUT2D eigenvalue weighted by Gasteiger charge is -2.17. The summed E-state index contributed by atoms with van der Waals surface area (Å²) >= 11 is 4.82. The Labute approximate surface area is 183 Å². The molecule has 0 amide bonds. The van der Waals surface area contributed by atoms with E-state index >= 15 is 0 Å². The lowest BCUT2D eigenvalue weighted by Crippen LogP contribution is -2.30. The van der Waals surface area contributed by atoms with Gasteiger partial charge in [0.25, 0.3) is 0 Å². The van der Waals surface area contributed by atoms with Crippen LogP contribution in [0.15, 0.2) is 0 Å². The van der Waals surface area contributed by atoms with Gasteiger partial charge in [-0.15, -0.1) is 0 Å². The summed E-state index contributed by atoms with van der Waals surface area (Å²) in [5.74, 6) is -1.22. The molecule has 3 N–H and O–H groups in total. The Morgan fingerprint density at radius 2 is 1.10 bits per heavy atom. The molecule has 0 aliphatic rings. The smallest absolute Gasteiger partial charge is 0.306 e. The van der Waals surface area contributed by atoms with Crippen molar-refractivity contribution in [3.05, 3.63) is 0 Å². The number of hydrogen-bond acceptors (Lipinski definition) is 10. The summed E-state index contributed by atoms with van der Waals surface area (Å²) < 4.78 is 14.7. The van der Waals surface area contributed by atoms with E-state index in [1.54, 1.807) is 27.7 Å². The summed E-state index contributed by atoms with van der Waals surface area (Å²) in [6, 6.07) is 0. The second-order valence-electron chi connectivity index (χ2n) is 5.27. The molecule has 0 bridgehead atoms. The SMILES string of the molecule is C.CCC(=O)Cl.CCC(=O)OCC(COC(=O)CC)OC(=O)CC.OCC(O)CO. The van der Waals surface area contributed by atoms with Crippen molar-refractivity contribution in [2.45, 2.75) is 73.0 Å². The maximum Gasteiger partial charge on any atom is 0.306 e.